The van der Waals surface area contributed by atoms with Crippen LogP contribution in [0.1, 0.15) is 17.2 Å². The molecule has 1 fully saturated rings. The fourth-order valence-corrected chi connectivity index (χ4v) is 1.82. The number of nitrogens with two attached hydrogens (primary N) is 1. The molecule has 1 unspecified atom stereocenters. The van der Waals surface area contributed by atoms with Crippen LogP contribution in [-0.2, 0) is 4.79 Å². The molecule has 1 aliphatic rings. The lowest BCUT2D eigenvalue weighted by Gasteiger charge is -2.25. The number of carbonyl (C=O) groups is 1. The molecule has 4 heteroatoms. The number of hydrogen-bond donors (Lipinski definition) is 3. The Morgan fingerprint density at radius 3 is 2.93 bits per heavy atom. The van der Waals surface area contributed by atoms with Gasteiger partial charge in [0.15, 0.2) is 0 Å². The van der Waals surface area contributed by atoms with Gasteiger partial charge in [-0.25, -0.2) is 0 Å². The predicted octanol–water partition coefficient (Wildman–Crippen LogP) is 0.338. The van der Waals surface area contributed by atoms with E-state index in [1.807, 2.05) is 25.1 Å². The highest BCUT2D eigenvalue weighted by Crippen LogP contribution is 2.20. The van der Waals surface area contributed by atoms with Gasteiger partial charge in [0.05, 0.1) is 12.6 Å². The van der Waals surface area contributed by atoms with Gasteiger partial charge in [-0.3, -0.25) is 10.1 Å². The van der Waals surface area contributed by atoms with Crippen molar-refractivity contribution in [2.75, 3.05) is 18.8 Å². The number of rotatable bonds is 1. The standard InChI is InChI=1S/C11H15N3O/c1-7-2-3-8(12)4-9(7)10-5-14-11(15)6-13-10/h2-4,10,13H,5-6,12H2,1H3,(H,14,15). The molecule has 4 N–H and O–H groups in total. The fraction of sp³-hybridized carbons (Fsp3) is 0.364. The number of nitrogens with one attached hydrogen (secondary N) is 2. The van der Waals surface area contributed by atoms with Crippen LogP contribution in [0.2, 0.25) is 0 Å². The predicted molar refractivity (Wildman–Crippen MR) is 59.3 cm³/mol. The highest BCUT2D eigenvalue weighted by molar-refractivity contribution is 5.79. The van der Waals surface area contributed by atoms with E-state index in [1.165, 1.54) is 5.56 Å². The van der Waals surface area contributed by atoms with Gasteiger partial charge in [-0.2, -0.15) is 0 Å². The van der Waals surface area contributed by atoms with E-state index in [1.54, 1.807) is 0 Å². The van der Waals surface area contributed by atoms with Crippen LogP contribution in [0.25, 0.3) is 0 Å². The molecule has 1 heterocycles. The van der Waals surface area contributed by atoms with Crippen molar-refractivity contribution >= 4 is 11.6 Å². The highest BCUT2D eigenvalue weighted by atomic mass is 16.2. The first kappa shape index (κ1) is 9.98. The first-order valence-electron chi connectivity index (χ1n) is 5.03. The molecule has 0 bridgehead atoms. The van der Waals surface area contributed by atoms with Gasteiger partial charge >= 0.3 is 0 Å². The van der Waals surface area contributed by atoms with E-state index in [0.717, 1.165) is 11.3 Å². The van der Waals surface area contributed by atoms with Crippen molar-refractivity contribution in [2.24, 2.45) is 0 Å². The molecule has 4 nitrogen and oxygen atoms in total. The van der Waals surface area contributed by atoms with E-state index in [-0.39, 0.29) is 11.9 Å². The van der Waals surface area contributed by atoms with Gasteiger partial charge in [0.2, 0.25) is 5.91 Å². The smallest absolute Gasteiger partial charge is 0.234 e. The van der Waals surface area contributed by atoms with Gasteiger partial charge in [0, 0.05) is 12.2 Å². The number of carbonyl (C=O) groups excluding carboxylic acids is 1. The van der Waals surface area contributed by atoms with E-state index in [0.29, 0.717) is 13.1 Å². The largest absolute Gasteiger partial charge is 0.399 e. The molecule has 1 aromatic rings. The maximum Gasteiger partial charge on any atom is 0.234 e. The Bertz CT molecular complexity index is 379. The minimum Gasteiger partial charge on any atom is -0.399 e. The summed E-state index contributed by atoms with van der Waals surface area (Å²) in [6, 6.07) is 6.03. The number of piperazine rings is 1. The van der Waals surface area contributed by atoms with Crippen LogP contribution in [0.15, 0.2) is 18.2 Å². The first-order valence-corrected chi connectivity index (χ1v) is 5.03. The van der Waals surface area contributed by atoms with E-state index < -0.39 is 0 Å². The lowest BCUT2D eigenvalue weighted by atomic mass is 9.99. The Kier molecular flexibility index (Phi) is 2.60. The number of benzene rings is 1. The second-order valence-corrected chi connectivity index (χ2v) is 3.85. The molecule has 0 aliphatic carbocycles. The van der Waals surface area contributed by atoms with E-state index in [2.05, 4.69) is 10.6 Å². The van der Waals surface area contributed by atoms with Crippen LogP contribution >= 0.6 is 0 Å². The molecule has 0 spiro atoms. The van der Waals surface area contributed by atoms with Crippen LogP contribution in [0.3, 0.4) is 0 Å². The lowest BCUT2D eigenvalue weighted by molar-refractivity contribution is -0.121. The van der Waals surface area contributed by atoms with Crippen molar-refractivity contribution in [3.8, 4) is 0 Å². The topological polar surface area (TPSA) is 67.1 Å². The van der Waals surface area contributed by atoms with E-state index in [4.69, 9.17) is 5.73 Å². The van der Waals surface area contributed by atoms with Crippen molar-refractivity contribution in [3.63, 3.8) is 0 Å². The average molecular weight is 205 g/mol. The first-order chi connectivity index (χ1) is 7.16. The summed E-state index contributed by atoms with van der Waals surface area (Å²) in [5.41, 5.74) is 8.86. The number of nitrogen functional groups attached to an aromatic ring is 1. The Hall–Kier alpha value is -1.55. The normalized spacial score (nSPS) is 21.1. The molecule has 1 aromatic carbocycles. The average Bonchev–Trinajstić information content (AvgIpc) is 2.23. The van der Waals surface area contributed by atoms with Gasteiger partial charge in [0.1, 0.15) is 0 Å². The fourth-order valence-electron chi connectivity index (χ4n) is 1.82. The molecule has 15 heavy (non-hydrogen) atoms. The van der Waals surface area contributed by atoms with Gasteiger partial charge in [-0.05, 0) is 30.2 Å². The van der Waals surface area contributed by atoms with Gasteiger partial charge in [0.25, 0.3) is 0 Å². The summed E-state index contributed by atoms with van der Waals surface area (Å²) in [5.74, 6) is 0.0489. The molecule has 80 valence electrons. The van der Waals surface area contributed by atoms with Crippen molar-refractivity contribution in [3.05, 3.63) is 29.3 Å². The monoisotopic (exact) mass is 205 g/mol. The van der Waals surface area contributed by atoms with Crippen LogP contribution < -0.4 is 16.4 Å². The summed E-state index contributed by atoms with van der Waals surface area (Å²) in [6.07, 6.45) is 0. The molecule has 1 amide bonds. The third-order valence-electron chi connectivity index (χ3n) is 2.69. The van der Waals surface area contributed by atoms with Gasteiger partial charge in [-0.15, -0.1) is 0 Å². The summed E-state index contributed by atoms with van der Waals surface area (Å²) in [7, 11) is 0. The number of aryl methyl sites for hydroxylation is 1. The van der Waals surface area contributed by atoms with Crippen LogP contribution in [0, 0.1) is 6.92 Å². The van der Waals surface area contributed by atoms with E-state index in [9.17, 15) is 4.79 Å². The zero-order chi connectivity index (χ0) is 10.8. The summed E-state index contributed by atoms with van der Waals surface area (Å²) >= 11 is 0. The Labute approximate surface area is 88.9 Å². The minimum absolute atomic E-state index is 0.0489. The highest BCUT2D eigenvalue weighted by Gasteiger charge is 2.19. The zero-order valence-corrected chi connectivity index (χ0v) is 8.71. The Morgan fingerprint density at radius 1 is 1.47 bits per heavy atom. The maximum absolute atomic E-state index is 11.0. The third-order valence-corrected chi connectivity index (χ3v) is 2.69. The molecule has 1 atom stereocenters. The number of amides is 1. The molecular formula is C11H15N3O. The quantitative estimate of drug-likeness (QED) is 0.579. The summed E-state index contributed by atoms with van der Waals surface area (Å²) in [4.78, 5) is 11.0. The summed E-state index contributed by atoms with van der Waals surface area (Å²) < 4.78 is 0. The van der Waals surface area contributed by atoms with Crippen LogP contribution in [0.5, 0.6) is 0 Å². The second kappa shape index (κ2) is 3.90. The molecular weight excluding hydrogens is 190 g/mol. The van der Waals surface area contributed by atoms with Crippen molar-refractivity contribution < 1.29 is 4.79 Å². The zero-order valence-electron chi connectivity index (χ0n) is 8.71. The van der Waals surface area contributed by atoms with E-state index >= 15 is 0 Å². The van der Waals surface area contributed by atoms with Crippen molar-refractivity contribution in [1.29, 1.82) is 0 Å². The summed E-state index contributed by atoms with van der Waals surface area (Å²) in [6.45, 7) is 3.05. The second-order valence-electron chi connectivity index (χ2n) is 3.85. The molecule has 1 aliphatic heterocycles. The van der Waals surface area contributed by atoms with Crippen LogP contribution in [-0.4, -0.2) is 19.0 Å². The Balaban J connectivity index is 2.21. The molecule has 2 rings (SSSR count). The number of anilines is 1. The Morgan fingerprint density at radius 2 is 2.27 bits per heavy atom. The van der Waals surface area contributed by atoms with Crippen LogP contribution in [0.4, 0.5) is 5.69 Å². The molecule has 0 saturated carbocycles. The van der Waals surface area contributed by atoms with Crippen molar-refractivity contribution in [2.45, 2.75) is 13.0 Å². The van der Waals surface area contributed by atoms with Gasteiger partial charge < -0.3 is 11.1 Å². The van der Waals surface area contributed by atoms with Crippen molar-refractivity contribution in [1.82, 2.24) is 10.6 Å². The minimum atomic E-state index is 0.0489. The maximum atomic E-state index is 11.0. The SMILES string of the molecule is Cc1ccc(N)cc1C1CNC(=O)CN1. The summed E-state index contributed by atoms with van der Waals surface area (Å²) in [5, 5.41) is 6.02. The lowest BCUT2D eigenvalue weighted by Crippen LogP contribution is -2.47. The third kappa shape index (κ3) is 2.10. The van der Waals surface area contributed by atoms with Gasteiger partial charge in [-0.1, -0.05) is 6.07 Å². The number of hydrogen-bond acceptors (Lipinski definition) is 3. The molecule has 0 aromatic heterocycles. The molecule has 0 radical (unpaired) electrons. The molecule has 1 saturated heterocycles.